The highest BCUT2D eigenvalue weighted by Crippen LogP contribution is 2.30. The number of rotatable bonds is 17. The van der Waals surface area contributed by atoms with Gasteiger partial charge in [-0.1, -0.05) is 77.3 Å². The topological polar surface area (TPSA) is 44.8 Å². The summed E-state index contributed by atoms with van der Waals surface area (Å²) in [7, 11) is 0. The van der Waals surface area contributed by atoms with Gasteiger partial charge in [-0.25, -0.2) is 9.18 Å². The molecule has 0 aromatic heterocycles. The van der Waals surface area contributed by atoms with E-state index in [-0.39, 0.29) is 11.3 Å². The van der Waals surface area contributed by atoms with Crippen molar-refractivity contribution < 1.29 is 27.8 Å². The lowest BCUT2D eigenvalue weighted by Gasteiger charge is -2.11. The summed E-state index contributed by atoms with van der Waals surface area (Å²) in [5, 5.41) is 0. The van der Waals surface area contributed by atoms with Gasteiger partial charge in [0.15, 0.2) is 11.6 Å². The molecule has 0 amide bonds. The first-order valence-electron chi connectivity index (χ1n) is 14.2. The number of ether oxygens (including phenoxy) is 3. The Morgan fingerprint density at radius 3 is 1.85 bits per heavy atom. The summed E-state index contributed by atoms with van der Waals surface area (Å²) in [6.07, 6.45) is 11.1. The zero-order chi connectivity index (χ0) is 27.9. The maximum Gasteiger partial charge on any atom is 0.343 e. The molecule has 3 aromatic rings. The number of unbranched alkanes of at least 4 members (excludes halogenated alkanes) is 8. The Morgan fingerprint density at radius 1 is 0.615 bits per heavy atom. The first-order valence-corrected chi connectivity index (χ1v) is 14.2. The molecule has 0 atom stereocenters. The molecule has 0 aliphatic carbocycles. The van der Waals surface area contributed by atoms with Crippen LogP contribution >= 0.6 is 0 Å². The van der Waals surface area contributed by atoms with Gasteiger partial charge in [0.2, 0.25) is 5.82 Å². The molecule has 0 N–H and O–H groups in total. The van der Waals surface area contributed by atoms with Crippen molar-refractivity contribution in [3.05, 3.63) is 77.9 Å². The van der Waals surface area contributed by atoms with Gasteiger partial charge < -0.3 is 14.2 Å². The minimum Gasteiger partial charge on any atom is -0.494 e. The van der Waals surface area contributed by atoms with Crippen LogP contribution in [0.25, 0.3) is 11.1 Å². The average molecular weight is 539 g/mol. The second kappa shape index (κ2) is 16.5. The number of hydrogen-bond acceptors (Lipinski definition) is 4. The van der Waals surface area contributed by atoms with E-state index in [1.54, 1.807) is 36.4 Å². The van der Waals surface area contributed by atoms with Crippen molar-refractivity contribution in [1.82, 2.24) is 0 Å². The van der Waals surface area contributed by atoms with Gasteiger partial charge in [0.05, 0.1) is 18.8 Å². The van der Waals surface area contributed by atoms with Gasteiger partial charge in [-0.05, 0) is 66.9 Å². The Labute approximate surface area is 231 Å². The lowest BCUT2D eigenvalue weighted by atomic mass is 10.0. The van der Waals surface area contributed by atoms with Crippen molar-refractivity contribution in [2.24, 2.45) is 0 Å². The molecule has 0 fully saturated rings. The third kappa shape index (κ3) is 9.68. The molecule has 0 radical (unpaired) electrons. The maximum atomic E-state index is 14.8. The van der Waals surface area contributed by atoms with Crippen LogP contribution in [0.2, 0.25) is 0 Å². The van der Waals surface area contributed by atoms with Crippen LogP contribution in [0.5, 0.6) is 17.2 Å². The van der Waals surface area contributed by atoms with Crippen LogP contribution in [-0.2, 0) is 0 Å². The second-order valence-corrected chi connectivity index (χ2v) is 9.70. The van der Waals surface area contributed by atoms with Crippen LogP contribution in [0.15, 0.2) is 60.7 Å². The third-order valence-electron chi connectivity index (χ3n) is 6.53. The number of carbonyl (C=O) groups excluding carboxylic acids is 1. The summed E-state index contributed by atoms with van der Waals surface area (Å²) in [4.78, 5) is 12.6. The fourth-order valence-electron chi connectivity index (χ4n) is 4.21. The molecule has 3 aromatic carbocycles. The summed E-state index contributed by atoms with van der Waals surface area (Å²) in [6, 6.07) is 16.1. The second-order valence-electron chi connectivity index (χ2n) is 9.70. The molecule has 0 spiro atoms. The number of esters is 1. The minimum absolute atomic E-state index is 0.0853. The predicted octanol–water partition coefficient (Wildman–Crippen LogP) is 9.55. The molecule has 210 valence electrons. The molecule has 39 heavy (non-hydrogen) atoms. The van der Waals surface area contributed by atoms with Crippen LogP contribution in [0.1, 0.15) is 88.4 Å². The molecule has 0 aliphatic rings. The van der Waals surface area contributed by atoms with Gasteiger partial charge in [-0.15, -0.1) is 0 Å². The molecule has 0 saturated carbocycles. The summed E-state index contributed by atoms with van der Waals surface area (Å²) in [6.45, 7) is 5.35. The van der Waals surface area contributed by atoms with Crippen LogP contribution in [-0.4, -0.2) is 19.2 Å². The monoisotopic (exact) mass is 538 g/mol. The molecule has 6 heteroatoms. The van der Waals surface area contributed by atoms with Crippen LogP contribution in [0.4, 0.5) is 8.78 Å². The van der Waals surface area contributed by atoms with Gasteiger partial charge in [-0.2, -0.15) is 4.39 Å². The van der Waals surface area contributed by atoms with E-state index in [2.05, 4.69) is 13.8 Å². The molecular weight excluding hydrogens is 498 g/mol. The Morgan fingerprint density at radius 2 is 1.18 bits per heavy atom. The molecule has 0 aliphatic heterocycles. The Kier molecular flexibility index (Phi) is 12.8. The molecular formula is C33H40F2O4. The maximum absolute atomic E-state index is 14.8. The highest BCUT2D eigenvalue weighted by molar-refractivity contribution is 5.91. The van der Waals surface area contributed by atoms with E-state index >= 15 is 0 Å². The summed E-state index contributed by atoms with van der Waals surface area (Å²) >= 11 is 0. The van der Waals surface area contributed by atoms with E-state index < -0.39 is 17.6 Å². The van der Waals surface area contributed by atoms with Gasteiger partial charge in [0.25, 0.3) is 0 Å². The van der Waals surface area contributed by atoms with Crippen molar-refractivity contribution >= 4 is 5.97 Å². The van der Waals surface area contributed by atoms with E-state index in [1.807, 2.05) is 0 Å². The zero-order valence-electron chi connectivity index (χ0n) is 23.1. The van der Waals surface area contributed by atoms with Gasteiger partial charge in [0, 0.05) is 5.56 Å². The molecule has 3 rings (SSSR count). The largest absolute Gasteiger partial charge is 0.494 e. The minimum atomic E-state index is -1.00. The summed E-state index contributed by atoms with van der Waals surface area (Å²) < 4.78 is 46.1. The number of benzene rings is 3. The van der Waals surface area contributed by atoms with Crippen molar-refractivity contribution in [2.75, 3.05) is 13.2 Å². The van der Waals surface area contributed by atoms with E-state index in [0.717, 1.165) is 37.9 Å². The van der Waals surface area contributed by atoms with E-state index in [0.29, 0.717) is 30.1 Å². The third-order valence-corrected chi connectivity index (χ3v) is 6.53. The quantitative estimate of drug-likeness (QED) is 0.0975. The average Bonchev–Trinajstić information content (AvgIpc) is 2.95. The first-order chi connectivity index (χ1) is 19.0. The van der Waals surface area contributed by atoms with Crippen LogP contribution in [0.3, 0.4) is 0 Å². The molecule has 0 heterocycles. The summed E-state index contributed by atoms with van der Waals surface area (Å²) in [5.74, 6) is -1.48. The Bertz CT molecular complexity index is 1140. The Hall–Kier alpha value is -3.41. The predicted molar refractivity (Wildman–Crippen MR) is 152 cm³/mol. The van der Waals surface area contributed by atoms with Gasteiger partial charge >= 0.3 is 5.97 Å². The lowest BCUT2D eigenvalue weighted by molar-refractivity contribution is 0.0734. The molecule has 0 saturated heterocycles. The van der Waals surface area contributed by atoms with Crippen molar-refractivity contribution in [2.45, 2.75) is 78.1 Å². The standard InChI is InChI=1S/C33H40F2O4/c1-3-5-7-9-10-12-24-38-30-22-21-29(31(34)32(30)35)25-13-15-26(16-14-25)33(36)39-28-19-17-27(18-20-28)37-23-11-8-6-4-2/h13-22H,3-12,23-24H2,1-2H3. The number of halogens is 2. The van der Waals surface area contributed by atoms with Crippen LogP contribution < -0.4 is 14.2 Å². The molecule has 4 nitrogen and oxygen atoms in total. The van der Waals surface area contributed by atoms with E-state index in [9.17, 15) is 13.6 Å². The SMILES string of the molecule is CCCCCCCCOc1ccc(-c2ccc(C(=O)Oc3ccc(OCCCCCC)cc3)cc2)c(F)c1F. The molecule has 0 unspecified atom stereocenters. The van der Waals surface area contributed by atoms with E-state index in [4.69, 9.17) is 14.2 Å². The normalized spacial score (nSPS) is 10.9. The molecule has 0 bridgehead atoms. The fraction of sp³-hybridized carbons (Fsp3) is 0.424. The Balaban J connectivity index is 1.52. The van der Waals surface area contributed by atoms with E-state index in [1.165, 1.54) is 56.4 Å². The highest BCUT2D eigenvalue weighted by atomic mass is 19.2. The number of carbonyl (C=O) groups is 1. The lowest BCUT2D eigenvalue weighted by Crippen LogP contribution is -2.08. The van der Waals surface area contributed by atoms with Crippen molar-refractivity contribution in [3.8, 4) is 28.4 Å². The first kappa shape index (κ1) is 30.1. The van der Waals surface area contributed by atoms with Crippen molar-refractivity contribution in [1.29, 1.82) is 0 Å². The highest BCUT2D eigenvalue weighted by Gasteiger charge is 2.17. The zero-order valence-corrected chi connectivity index (χ0v) is 23.1. The number of hydrogen-bond donors (Lipinski definition) is 0. The van der Waals surface area contributed by atoms with Crippen LogP contribution in [0, 0.1) is 11.6 Å². The van der Waals surface area contributed by atoms with Gasteiger partial charge in [-0.3, -0.25) is 0 Å². The smallest absolute Gasteiger partial charge is 0.343 e. The van der Waals surface area contributed by atoms with Gasteiger partial charge in [0.1, 0.15) is 11.5 Å². The van der Waals surface area contributed by atoms with Crippen molar-refractivity contribution in [3.63, 3.8) is 0 Å². The fourth-order valence-corrected chi connectivity index (χ4v) is 4.21. The summed E-state index contributed by atoms with van der Waals surface area (Å²) in [5.41, 5.74) is 0.852.